The van der Waals surface area contributed by atoms with Crippen molar-refractivity contribution in [3.63, 3.8) is 0 Å². The number of thioether (sulfide) groups is 1. The summed E-state index contributed by atoms with van der Waals surface area (Å²) in [6, 6.07) is 2.88. The number of benzene rings is 1. The van der Waals surface area contributed by atoms with E-state index in [0.717, 1.165) is 38.9 Å². The molecule has 9 heteroatoms. The lowest BCUT2D eigenvalue weighted by atomic mass is 10.0. The van der Waals surface area contributed by atoms with Crippen molar-refractivity contribution in [2.75, 3.05) is 31.3 Å². The van der Waals surface area contributed by atoms with Crippen molar-refractivity contribution in [2.24, 2.45) is 5.92 Å². The maximum Gasteiger partial charge on any atom is 0.261 e. The Morgan fingerprint density at radius 3 is 2.76 bits per heavy atom. The molecular formula is C20H25FN2O4S2. The molecule has 4 rings (SSSR count). The molecule has 0 unspecified atom stereocenters. The highest BCUT2D eigenvalue weighted by Crippen LogP contribution is 2.26. The number of halogens is 1. The average molecular weight is 441 g/mol. The molecule has 1 aromatic carbocycles. The minimum Gasteiger partial charge on any atom is -0.493 e. The summed E-state index contributed by atoms with van der Waals surface area (Å²) in [7, 11) is -0.713. The van der Waals surface area contributed by atoms with Gasteiger partial charge in [0.25, 0.3) is 5.56 Å². The first-order chi connectivity index (χ1) is 14.1. The summed E-state index contributed by atoms with van der Waals surface area (Å²) in [5, 5.41) is 0.450. The quantitative estimate of drug-likeness (QED) is 0.744. The fourth-order valence-electron chi connectivity index (χ4n) is 3.66. The number of aromatic nitrogens is 2. The van der Waals surface area contributed by atoms with Gasteiger partial charge >= 0.3 is 0 Å². The molecule has 2 saturated heterocycles. The molecule has 0 bridgehead atoms. The van der Waals surface area contributed by atoms with Crippen LogP contribution in [0.15, 0.2) is 16.9 Å². The maximum atomic E-state index is 14.5. The second-order valence-corrected chi connectivity index (χ2v) is 10.5. The van der Waals surface area contributed by atoms with Crippen LogP contribution < -0.4 is 10.3 Å². The molecule has 0 saturated carbocycles. The van der Waals surface area contributed by atoms with E-state index in [-0.39, 0.29) is 5.39 Å². The van der Waals surface area contributed by atoms with Crippen molar-refractivity contribution in [3.05, 3.63) is 34.1 Å². The minimum absolute atomic E-state index is 0.0368. The van der Waals surface area contributed by atoms with Gasteiger partial charge in [-0.1, -0.05) is 0 Å². The SMILES string of the molecule is O=c1[nH]c(CSC2CCOCC2)nc2cc(OCC3CCS(=O)CC3)cc(F)c12. The normalized spacial score (nSPS) is 23.3. The predicted molar refractivity (Wildman–Crippen MR) is 114 cm³/mol. The first-order valence-electron chi connectivity index (χ1n) is 9.98. The highest BCUT2D eigenvalue weighted by atomic mass is 32.2. The van der Waals surface area contributed by atoms with Crippen molar-refractivity contribution in [2.45, 2.75) is 36.7 Å². The van der Waals surface area contributed by atoms with E-state index in [1.54, 1.807) is 17.8 Å². The number of H-pyrrole nitrogens is 1. The van der Waals surface area contributed by atoms with Crippen LogP contribution in [0.2, 0.25) is 0 Å². The van der Waals surface area contributed by atoms with Crippen LogP contribution >= 0.6 is 11.8 Å². The molecule has 2 fully saturated rings. The number of rotatable bonds is 6. The van der Waals surface area contributed by atoms with E-state index >= 15 is 0 Å². The van der Waals surface area contributed by atoms with Crippen LogP contribution in [0.5, 0.6) is 5.75 Å². The number of hydrogen-bond acceptors (Lipinski definition) is 6. The molecule has 6 nitrogen and oxygen atoms in total. The van der Waals surface area contributed by atoms with Crippen LogP contribution in [-0.2, 0) is 21.3 Å². The Morgan fingerprint density at radius 1 is 1.24 bits per heavy atom. The van der Waals surface area contributed by atoms with E-state index in [1.807, 2.05) is 0 Å². The van der Waals surface area contributed by atoms with Gasteiger partial charge in [0.2, 0.25) is 0 Å². The molecule has 1 aromatic heterocycles. The monoisotopic (exact) mass is 440 g/mol. The van der Waals surface area contributed by atoms with Gasteiger partial charge < -0.3 is 14.5 Å². The zero-order valence-electron chi connectivity index (χ0n) is 16.2. The van der Waals surface area contributed by atoms with E-state index in [4.69, 9.17) is 9.47 Å². The molecule has 0 atom stereocenters. The van der Waals surface area contributed by atoms with E-state index in [0.29, 0.717) is 52.1 Å². The molecule has 29 heavy (non-hydrogen) atoms. The van der Waals surface area contributed by atoms with E-state index in [1.165, 1.54) is 6.07 Å². The molecule has 0 aliphatic carbocycles. The van der Waals surface area contributed by atoms with Gasteiger partial charge in [-0.15, -0.1) is 0 Å². The Balaban J connectivity index is 1.47. The topological polar surface area (TPSA) is 81.3 Å². The molecular weight excluding hydrogens is 415 g/mol. The van der Waals surface area contributed by atoms with Crippen molar-refractivity contribution < 1.29 is 18.1 Å². The predicted octanol–water partition coefficient (Wildman–Crippen LogP) is 3.01. The number of nitrogens with zero attached hydrogens (tertiary/aromatic N) is 1. The molecule has 2 aliphatic heterocycles. The molecule has 0 spiro atoms. The fraction of sp³-hybridized carbons (Fsp3) is 0.600. The lowest BCUT2D eigenvalue weighted by Crippen LogP contribution is -2.23. The van der Waals surface area contributed by atoms with Gasteiger partial charge in [-0.2, -0.15) is 11.8 Å². The summed E-state index contributed by atoms with van der Waals surface area (Å²) in [6.07, 6.45) is 3.69. The summed E-state index contributed by atoms with van der Waals surface area (Å²) in [4.78, 5) is 19.6. The molecule has 0 radical (unpaired) electrons. The van der Waals surface area contributed by atoms with Crippen LogP contribution in [0.1, 0.15) is 31.5 Å². The van der Waals surface area contributed by atoms with Crippen molar-refractivity contribution in [1.82, 2.24) is 9.97 Å². The van der Waals surface area contributed by atoms with E-state index in [2.05, 4.69) is 9.97 Å². The zero-order valence-corrected chi connectivity index (χ0v) is 17.8. The van der Waals surface area contributed by atoms with Gasteiger partial charge in [-0.05, 0) is 31.6 Å². The Kier molecular flexibility index (Phi) is 6.87. The molecule has 1 N–H and O–H groups in total. The van der Waals surface area contributed by atoms with Crippen molar-refractivity contribution in [1.29, 1.82) is 0 Å². The summed E-state index contributed by atoms with van der Waals surface area (Å²) < 4.78 is 37.2. The molecule has 2 aliphatic rings. The Labute approximate surface area is 175 Å². The number of fused-ring (bicyclic) bond motifs is 1. The van der Waals surface area contributed by atoms with Crippen LogP contribution in [0.4, 0.5) is 4.39 Å². The van der Waals surface area contributed by atoms with Gasteiger partial charge in [0, 0.05) is 52.9 Å². The van der Waals surface area contributed by atoms with Gasteiger partial charge in [0.15, 0.2) is 0 Å². The largest absolute Gasteiger partial charge is 0.493 e. The summed E-state index contributed by atoms with van der Waals surface area (Å²) in [5.41, 5.74) is -0.146. The Bertz CT molecular complexity index is 936. The highest BCUT2D eigenvalue weighted by molar-refractivity contribution is 7.99. The number of hydrogen-bond donors (Lipinski definition) is 1. The van der Waals surface area contributed by atoms with Crippen molar-refractivity contribution >= 4 is 33.5 Å². The first-order valence-corrected chi connectivity index (χ1v) is 12.5. The minimum atomic E-state index is -0.713. The van der Waals surface area contributed by atoms with E-state index in [9.17, 15) is 13.4 Å². The highest BCUT2D eigenvalue weighted by Gasteiger charge is 2.19. The molecule has 0 amide bonds. The smallest absolute Gasteiger partial charge is 0.261 e. The fourth-order valence-corrected chi connectivity index (χ4v) is 6.11. The van der Waals surface area contributed by atoms with Gasteiger partial charge in [0.1, 0.15) is 22.8 Å². The van der Waals surface area contributed by atoms with Crippen LogP contribution in [0, 0.1) is 11.7 Å². The third-order valence-electron chi connectivity index (χ3n) is 5.40. The van der Waals surface area contributed by atoms with Gasteiger partial charge in [-0.3, -0.25) is 9.00 Å². The average Bonchev–Trinajstić information content (AvgIpc) is 2.72. The summed E-state index contributed by atoms with van der Waals surface area (Å²) in [5.74, 6) is 2.59. The molecule has 158 valence electrons. The summed E-state index contributed by atoms with van der Waals surface area (Å²) in [6.45, 7) is 1.99. The van der Waals surface area contributed by atoms with Crippen LogP contribution in [-0.4, -0.2) is 50.8 Å². The lowest BCUT2D eigenvalue weighted by molar-refractivity contribution is 0.1000. The second kappa shape index (κ2) is 9.57. The third kappa shape index (κ3) is 5.38. The Hall–Kier alpha value is -1.45. The maximum absolute atomic E-state index is 14.5. The standard InChI is InChI=1S/C20H25FN2O4S2/c21-16-9-14(27-11-13-3-7-29(25)8-4-13)10-17-19(16)20(24)23-18(22-17)12-28-15-1-5-26-6-2-15/h9-10,13,15H,1-8,11-12H2,(H,22,23,24). The van der Waals surface area contributed by atoms with Crippen LogP contribution in [0.3, 0.4) is 0 Å². The second-order valence-electron chi connectivity index (χ2n) is 7.54. The third-order valence-corrected chi connectivity index (χ3v) is 8.17. The van der Waals surface area contributed by atoms with Crippen LogP contribution in [0.25, 0.3) is 10.9 Å². The molecule has 3 heterocycles. The number of ether oxygens (including phenoxy) is 2. The Morgan fingerprint density at radius 2 is 2.00 bits per heavy atom. The van der Waals surface area contributed by atoms with Crippen molar-refractivity contribution in [3.8, 4) is 5.75 Å². The zero-order chi connectivity index (χ0) is 20.2. The lowest BCUT2D eigenvalue weighted by Gasteiger charge is -2.21. The number of nitrogens with one attached hydrogen (secondary N) is 1. The molecule has 2 aromatic rings. The van der Waals surface area contributed by atoms with Gasteiger partial charge in [-0.25, -0.2) is 9.37 Å². The summed E-state index contributed by atoms with van der Waals surface area (Å²) >= 11 is 1.74. The number of aromatic amines is 1. The van der Waals surface area contributed by atoms with E-state index < -0.39 is 22.2 Å². The van der Waals surface area contributed by atoms with Gasteiger partial charge in [0.05, 0.1) is 17.9 Å². The first kappa shape index (κ1) is 20.8.